The van der Waals surface area contributed by atoms with Gasteiger partial charge in [0.25, 0.3) is 0 Å². The number of thiazole rings is 1. The number of benzene rings is 2. The molecule has 0 fully saturated rings. The van der Waals surface area contributed by atoms with Crippen molar-refractivity contribution in [3.63, 3.8) is 0 Å². The van der Waals surface area contributed by atoms with Gasteiger partial charge in [-0.1, -0.05) is 17.7 Å². The van der Waals surface area contributed by atoms with Crippen molar-refractivity contribution in [2.75, 3.05) is 13.7 Å². The lowest BCUT2D eigenvalue weighted by molar-refractivity contribution is 0.409. The maximum Gasteiger partial charge on any atom is 0.185 e. The van der Waals surface area contributed by atoms with Crippen LogP contribution in [-0.2, 0) is 13.1 Å². The van der Waals surface area contributed by atoms with E-state index in [0.29, 0.717) is 18.1 Å². The fraction of sp³-hybridized carbons (Fsp3) is 0.250. The molecule has 0 aliphatic heterocycles. The lowest BCUT2D eigenvalue weighted by Gasteiger charge is -2.09. The van der Waals surface area contributed by atoms with E-state index in [4.69, 9.17) is 27.1 Å². The predicted octanol–water partition coefficient (Wildman–Crippen LogP) is 4.47. The molecule has 4 nitrogen and oxygen atoms in total. The van der Waals surface area contributed by atoms with Gasteiger partial charge in [-0.05, 0) is 54.9 Å². The molecule has 0 spiro atoms. The summed E-state index contributed by atoms with van der Waals surface area (Å²) in [7, 11) is 1.62. The van der Waals surface area contributed by atoms with Crippen LogP contribution in [0.15, 0.2) is 52.8 Å². The Morgan fingerprint density at radius 3 is 2.70 bits per heavy atom. The van der Waals surface area contributed by atoms with Crippen LogP contribution in [0, 0.1) is 5.82 Å². The Kier molecular flexibility index (Phi) is 6.66. The van der Waals surface area contributed by atoms with Gasteiger partial charge in [-0.25, -0.2) is 4.39 Å². The second kappa shape index (κ2) is 9.17. The summed E-state index contributed by atoms with van der Waals surface area (Å²) >= 11 is 7.58. The molecular weight excluding hydrogens is 385 g/mol. The lowest BCUT2D eigenvalue weighted by Crippen LogP contribution is -2.18. The molecule has 0 aliphatic rings. The molecule has 0 atom stereocenters. The van der Waals surface area contributed by atoms with Crippen molar-refractivity contribution in [1.29, 1.82) is 0 Å². The maximum atomic E-state index is 13.3. The van der Waals surface area contributed by atoms with Gasteiger partial charge in [-0.2, -0.15) is 0 Å². The quantitative estimate of drug-likeness (QED) is 0.630. The molecule has 0 aliphatic carbocycles. The topological polar surface area (TPSA) is 52.5 Å². The molecule has 0 amide bonds. The monoisotopic (exact) mass is 405 g/mol. The second-order valence-corrected chi connectivity index (χ2v) is 7.25. The van der Waals surface area contributed by atoms with Crippen molar-refractivity contribution in [2.45, 2.75) is 19.5 Å². The van der Waals surface area contributed by atoms with Crippen molar-refractivity contribution in [3.05, 3.63) is 69.0 Å². The number of nitrogens with zero attached hydrogens (tertiary/aromatic N) is 2. The summed E-state index contributed by atoms with van der Waals surface area (Å²) in [6.07, 6.45) is 0.836. The second-order valence-electron chi connectivity index (χ2n) is 5.98. The van der Waals surface area contributed by atoms with Gasteiger partial charge in [0.2, 0.25) is 0 Å². The number of halogens is 2. The van der Waals surface area contributed by atoms with Crippen LogP contribution in [0.1, 0.15) is 12.0 Å². The molecule has 0 bridgehead atoms. The van der Waals surface area contributed by atoms with E-state index < -0.39 is 0 Å². The van der Waals surface area contributed by atoms with Gasteiger partial charge in [-0.15, -0.1) is 11.3 Å². The fourth-order valence-corrected chi connectivity index (χ4v) is 3.87. The minimum Gasteiger partial charge on any atom is -0.496 e. The van der Waals surface area contributed by atoms with Crippen LogP contribution in [0.25, 0.3) is 11.3 Å². The number of nitrogens with two attached hydrogens (primary N) is 1. The minimum atomic E-state index is -0.248. The van der Waals surface area contributed by atoms with Crippen molar-refractivity contribution >= 4 is 22.9 Å². The van der Waals surface area contributed by atoms with Gasteiger partial charge < -0.3 is 15.0 Å². The fourth-order valence-electron chi connectivity index (χ4n) is 2.77. The van der Waals surface area contributed by atoms with Crippen LogP contribution < -0.4 is 15.3 Å². The normalized spacial score (nSPS) is 11.8. The van der Waals surface area contributed by atoms with Gasteiger partial charge >= 0.3 is 0 Å². The number of ether oxygens (including phenoxy) is 1. The molecule has 3 aromatic rings. The molecule has 0 radical (unpaired) electrons. The first kappa shape index (κ1) is 19.6. The average molecular weight is 406 g/mol. The Hall–Kier alpha value is -2.15. The third-order valence-corrected chi connectivity index (χ3v) is 5.29. The molecule has 27 heavy (non-hydrogen) atoms. The van der Waals surface area contributed by atoms with Crippen LogP contribution in [0.3, 0.4) is 0 Å². The minimum absolute atomic E-state index is 0.248. The zero-order valence-electron chi connectivity index (χ0n) is 15.0. The van der Waals surface area contributed by atoms with Crippen LogP contribution in [0.4, 0.5) is 4.39 Å². The summed E-state index contributed by atoms with van der Waals surface area (Å²) in [6, 6.07) is 12.0. The van der Waals surface area contributed by atoms with Gasteiger partial charge in [0.15, 0.2) is 4.80 Å². The van der Waals surface area contributed by atoms with E-state index in [0.717, 1.165) is 40.3 Å². The number of rotatable bonds is 7. The summed E-state index contributed by atoms with van der Waals surface area (Å²) in [5, 5.41) is 2.67. The number of methoxy groups -OCH3 is 1. The van der Waals surface area contributed by atoms with E-state index >= 15 is 0 Å². The van der Waals surface area contributed by atoms with E-state index in [-0.39, 0.29) is 5.82 Å². The molecule has 0 saturated carbocycles. The number of aromatic nitrogens is 1. The molecule has 0 unspecified atom stereocenters. The third-order valence-electron chi connectivity index (χ3n) is 4.16. The van der Waals surface area contributed by atoms with Crippen LogP contribution in [0.2, 0.25) is 5.02 Å². The van der Waals surface area contributed by atoms with E-state index in [1.54, 1.807) is 36.6 Å². The van der Waals surface area contributed by atoms with Crippen molar-refractivity contribution < 1.29 is 9.13 Å². The van der Waals surface area contributed by atoms with E-state index in [1.165, 1.54) is 12.1 Å². The Balaban J connectivity index is 1.97. The summed E-state index contributed by atoms with van der Waals surface area (Å²) in [4.78, 5) is 5.66. The van der Waals surface area contributed by atoms with Crippen LogP contribution in [0.5, 0.6) is 5.75 Å². The van der Waals surface area contributed by atoms with Crippen molar-refractivity contribution in [2.24, 2.45) is 10.7 Å². The summed E-state index contributed by atoms with van der Waals surface area (Å²) in [5.74, 6) is 0.470. The van der Waals surface area contributed by atoms with Gasteiger partial charge in [-0.3, -0.25) is 4.99 Å². The molecule has 2 N–H and O–H groups in total. The van der Waals surface area contributed by atoms with Crippen LogP contribution >= 0.6 is 22.9 Å². The molecule has 0 saturated heterocycles. The molecular formula is C20H21ClFN3OS. The molecule has 2 aromatic carbocycles. The van der Waals surface area contributed by atoms with Crippen molar-refractivity contribution in [1.82, 2.24) is 4.57 Å². The highest BCUT2D eigenvalue weighted by Crippen LogP contribution is 2.24. The Bertz CT molecular complexity index is 966. The number of hydrogen-bond donors (Lipinski definition) is 1. The van der Waals surface area contributed by atoms with Gasteiger partial charge in [0.1, 0.15) is 11.6 Å². The molecule has 7 heteroatoms. The highest BCUT2D eigenvalue weighted by atomic mass is 35.5. The SMILES string of the molecule is COc1cc(Cl)ccc1CN=c1scc(-c2ccc(F)cc2)n1CCCN. The zero-order chi connectivity index (χ0) is 19.2. The largest absolute Gasteiger partial charge is 0.496 e. The molecule has 1 heterocycles. The molecule has 142 valence electrons. The number of hydrogen-bond acceptors (Lipinski definition) is 4. The predicted molar refractivity (Wildman–Crippen MR) is 109 cm³/mol. The summed E-state index contributed by atoms with van der Waals surface area (Å²) in [6.45, 7) is 1.83. The van der Waals surface area contributed by atoms with Gasteiger partial charge in [0, 0.05) is 22.5 Å². The average Bonchev–Trinajstić information content (AvgIpc) is 3.08. The highest BCUT2D eigenvalue weighted by molar-refractivity contribution is 7.07. The zero-order valence-corrected chi connectivity index (χ0v) is 16.6. The first-order valence-corrected chi connectivity index (χ1v) is 9.85. The summed E-state index contributed by atoms with van der Waals surface area (Å²) in [5.41, 5.74) is 8.63. The molecule has 1 aromatic heterocycles. The highest BCUT2D eigenvalue weighted by Gasteiger charge is 2.09. The van der Waals surface area contributed by atoms with E-state index in [1.807, 2.05) is 17.5 Å². The first-order valence-electron chi connectivity index (χ1n) is 8.59. The maximum absolute atomic E-state index is 13.3. The van der Waals surface area contributed by atoms with Crippen LogP contribution in [-0.4, -0.2) is 18.2 Å². The third kappa shape index (κ3) is 4.77. The van der Waals surface area contributed by atoms with E-state index in [9.17, 15) is 4.39 Å². The summed E-state index contributed by atoms with van der Waals surface area (Å²) < 4.78 is 20.8. The lowest BCUT2D eigenvalue weighted by atomic mass is 10.1. The molecule has 3 rings (SSSR count). The smallest absolute Gasteiger partial charge is 0.185 e. The first-order chi connectivity index (χ1) is 13.1. The standard InChI is InChI=1S/C20H21ClFN3OS/c1-26-19-11-16(21)6-3-15(19)12-24-20-25(10-2-9-23)18(13-27-20)14-4-7-17(22)8-5-14/h3-8,11,13H,2,9-10,12,23H2,1H3. The van der Waals surface area contributed by atoms with Crippen molar-refractivity contribution in [3.8, 4) is 17.0 Å². The Morgan fingerprint density at radius 2 is 2.00 bits per heavy atom. The Morgan fingerprint density at radius 1 is 1.22 bits per heavy atom. The van der Waals surface area contributed by atoms with Gasteiger partial charge in [0.05, 0.1) is 19.3 Å². The van der Waals surface area contributed by atoms with E-state index in [2.05, 4.69) is 4.57 Å². The Labute approximate surface area is 166 Å².